The minimum Gasteiger partial charge on any atom is -0.453 e. The monoisotopic (exact) mass is 285 g/mol. The first-order valence-electron chi connectivity index (χ1n) is 4.71. The number of carbonyl (C=O) groups excluding carboxylic acids is 1. The van der Waals surface area contributed by atoms with E-state index in [1.807, 2.05) is 0 Å². The molecule has 0 saturated carbocycles. The largest absolute Gasteiger partial charge is 0.453 e. The second-order valence-corrected chi connectivity index (χ2v) is 4.17. The van der Waals surface area contributed by atoms with Crippen molar-refractivity contribution in [1.29, 1.82) is 0 Å². The lowest BCUT2D eigenvalue weighted by Gasteiger charge is -2.02. The summed E-state index contributed by atoms with van der Waals surface area (Å²) in [5.41, 5.74) is -0.0706. The third-order valence-electron chi connectivity index (χ3n) is 2.24. The van der Waals surface area contributed by atoms with Crippen molar-refractivity contribution < 1.29 is 14.1 Å². The first kappa shape index (κ1) is 12.6. The molecule has 0 spiro atoms. The quantitative estimate of drug-likeness (QED) is 0.486. The number of benzene rings is 1. The number of carbonyl (C=O) groups is 1. The molecule has 1 heterocycles. The summed E-state index contributed by atoms with van der Waals surface area (Å²) >= 11 is 11.5. The predicted molar refractivity (Wildman–Crippen MR) is 66.2 cm³/mol. The standard InChI is InChI=1S/C11H5Cl2NO4/c12-8-3-7(10(14(16)17)4-9(8)13)11-2-1-6(5-15)18-11/h1-5H. The molecule has 0 aliphatic rings. The van der Waals surface area contributed by atoms with E-state index in [1.54, 1.807) is 0 Å². The van der Waals surface area contributed by atoms with Gasteiger partial charge in [0.25, 0.3) is 5.69 Å². The van der Waals surface area contributed by atoms with E-state index in [-0.39, 0.29) is 32.8 Å². The minimum atomic E-state index is -0.597. The maximum absolute atomic E-state index is 10.9. The lowest BCUT2D eigenvalue weighted by atomic mass is 10.1. The third-order valence-corrected chi connectivity index (χ3v) is 2.97. The molecule has 0 bridgehead atoms. The summed E-state index contributed by atoms with van der Waals surface area (Å²) in [4.78, 5) is 20.8. The van der Waals surface area contributed by atoms with Gasteiger partial charge < -0.3 is 4.42 Å². The van der Waals surface area contributed by atoms with Gasteiger partial charge in [0.2, 0.25) is 0 Å². The molecule has 5 nitrogen and oxygen atoms in total. The number of nitro benzene ring substituents is 1. The van der Waals surface area contributed by atoms with Crippen LogP contribution in [-0.2, 0) is 0 Å². The zero-order chi connectivity index (χ0) is 13.3. The van der Waals surface area contributed by atoms with Crippen LogP contribution in [0.3, 0.4) is 0 Å². The van der Waals surface area contributed by atoms with Crippen LogP contribution in [-0.4, -0.2) is 11.2 Å². The Morgan fingerprint density at radius 1 is 1.22 bits per heavy atom. The maximum atomic E-state index is 10.9. The van der Waals surface area contributed by atoms with Gasteiger partial charge in [-0.25, -0.2) is 0 Å². The van der Waals surface area contributed by atoms with E-state index in [1.165, 1.54) is 18.2 Å². The second-order valence-electron chi connectivity index (χ2n) is 3.36. The Morgan fingerprint density at radius 3 is 2.44 bits per heavy atom. The van der Waals surface area contributed by atoms with Crippen LogP contribution in [0.4, 0.5) is 5.69 Å². The second kappa shape index (κ2) is 4.80. The average Bonchev–Trinajstić information content (AvgIpc) is 2.80. The van der Waals surface area contributed by atoms with Crippen LogP contribution < -0.4 is 0 Å². The number of aldehydes is 1. The Kier molecular flexibility index (Phi) is 3.36. The first-order valence-corrected chi connectivity index (χ1v) is 5.47. The highest BCUT2D eigenvalue weighted by molar-refractivity contribution is 6.42. The summed E-state index contributed by atoms with van der Waals surface area (Å²) in [6.07, 6.45) is 0.507. The van der Waals surface area contributed by atoms with Crippen LogP contribution in [0, 0.1) is 10.1 Å². The Bertz CT molecular complexity index is 636. The number of halogens is 2. The molecule has 18 heavy (non-hydrogen) atoms. The summed E-state index contributed by atoms with van der Waals surface area (Å²) in [6, 6.07) is 5.34. The normalized spacial score (nSPS) is 10.3. The van der Waals surface area contributed by atoms with Crippen molar-refractivity contribution in [3.8, 4) is 11.3 Å². The minimum absolute atomic E-state index is 0.0744. The molecule has 0 saturated heterocycles. The highest BCUT2D eigenvalue weighted by Gasteiger charge is 2.20. The molecule has 0 aliphatic heterocycles. The number of hydrogen-bond acceptors (Lipinski definition) is 4. The van der Waals surface area contributed by atoms with Crippen molar-refractivity contribution in [2.24, 2.45) is 0 Å². The van der Waals surface area contributed by atoms with Gasteiger partial charge in [-0.15, -0.1) is 0 Å². The van der Waals surface area contributed by atoms with E-state index < -0.39 is 4.92 Å². The van der Waals surface area contributed by atoms with Gasteiger partial charge in [-0.1, -0.05) is 23.2 Å². The fourth-order valence-electron chi connectivity index (χ4n) is 1.45. The van der Waals surface area contributed by atoms with Gasteiger partial charge in [0.05, 0.1) is 20.5 Å². The molecule has 92 valence electrons. The number of rotatable bonds is 3. The third kappa shape index (κ3) is 2.23. The van der Waals surface area contributed by atoms with Crippen molar-refractivity contribution in [2.75, 3.05) is 0 Å². The van der Waals surface area contributed by atoms with Crippen LogP contribution >= 0.6 is 23.2 Å². The topological polar surface area (TPSA) is 73.3 Å². The fraction of sp³-hybridized carbons (Fsp3) is 0. The van der Waals surface area contributed by atoms with E-state index in [0.29, 0.717) is 6.29 Å². The van der Waals surface area contributed by atoms with Crippen molar-refractivity contribution in [3.63, 3.8) is 0 Å². The highest BCUT2D eigenvalue weighted by Crippen LogP contribution is 2.37. The molecule has 1 aromatic carbocycles. The molecule has 0 unspecified atom stereocenters. The summed E-state index contributed by atoms with van der Waals surface area (Å²) in [6.45, 7) is 0. The number of nitrogens with zero attached hydrogens (tertiary/aromatic N) is 1. The fourth-order valence-corrected chi connectivity index (χ4v) is 1.77. The van der Waals surface area contributed by atoms with Crippen LogP contribution in [0.15, 0.2) is 28.7 Å². The molecule has 2 aromatic rings. The van der Waals surface area contributed by atoms with Crippen molar-refractivity contribution in [2.45, 2.75) is 0 Å². The highest BCUT2D eigenvalue weighted by atomic mass is 35.5. The first-order chi connectivity index (χ1) is 8.52. The maximum Gasteiger partial charge on any atom is 0.281 e. The molecule has 0 N–H and O–H groups in total. The van der Waals surface area contributed by atoms with Crippen LogP contribution in [0.1, 0.15) is 10.6 Å². The molecule has 0 atom stereocenters. The predicted octanol–water partition coefficient (Wildman–Crippen LogP) is 3.97. The Labute approximate surface area is 111 Å². The van der Waals surface area contributed by atoms with Gasteiger partial charge in [0.1, 0.15) is 5.76 Å². The van der Waals surface area contributed by atoms with E-state index in [0.717, 1.165) is 6.07 Å². The molecule has 0 radical (unpaired) electrons. The lowest BCUT2D eigenvalue weighted by molar-refractivity contribution is -0.384. The molecule has 1 aromatic heterocycles. The molecule has 0 fully saturated rings. The number of hydrogen-bond donors (Lipinski definition) is 0. The SMILES string of the molecule is O=Cc1ccc(-c2cc(Cl)c(Cl)cc2[N+](=O)[O-])o1. The van der Waals surface area contributed by atoms with Crippen molar-refractivity contribution in [1.82, 2.24) is 0 Å². The van der Waals surface area contributed by atoms with Crippen LogP contribution in [0.2, 0.25) is 10.0 Å². The summed E-state index contributed by atoms with van der Waals surface area (Å²) in [7, 11) is 0. The van der Waals surface area contributed by atoms with Gasteiger partial charge >= 0.3 is 0 Å². The van der Waals surface area contributed by atoms with E-state index in [4.69, 9.17) is 27.6 Å². The van der Waals surface area contributed by atoms with E-state index in [2.05, 4.69) is 0 Å². The zero-order valence-corrected chi connectivity index (χ0v) is 10.2. The van der Waals surface area contributed by atoms with E-state index >= 15 is 0 Å². The van der Waals surface area contributed by atoms with Crippen molar-refractivity contribution >= 4 is 35.2 Å². The summed E-state index contributed by atoms with van der Waals surface area (Å²) in [5, 5.41) is 11.2. The Morgan fingerprint density at radius 2 is 1.89 bits per heavy atom. The molecular weight excluding hydrogens is 281 g/mol. The number of nitro groups is 1. The molecule has 0 aliphatic carbocycles. The van der Waals surface area contributed by atoms with E-state index in [9.17, 15) is 14.9 Å². The molecule has 7 heteroatoms. The van der Waals surface area contributed by atoms with Crippen LogP contribution in [0.5, 0.6) is 0 Å². The van der Waals surface area contributed by atoms with Gasteiger partial charge in [-0.3, -0.25) is 14.9 Å². The molecule has 0 amide bonds. The van der Waals surface area contributed by atoms with Gasteiger partial charge in [0, 0.05) is 6.07 Å². The summed E-state index contributed by atoms with van der Waals surface area (Å²) in [5.74, 6) is 0.257. The lowest BCUT2D eigenvalue weighted by Crippen LogP contribution is -1.92. The van der Waals surface area contributed by atoms with Gasteiger partial charge in [-0.2, -0.15) is 0 Å². The van der Waals surface area contributed by atoms with Gasteiger partial charge in [-0.05, 0) is 18.2 Å². The average molecular weight is 286 g/mol. The number of furan rings is 1. The van der Waals surface area contributed by atoms with Gasteiger partial charge in [0.15, 0.2) is 12.0 Å². The van der Waals surface area contributed by atoms with Crippen LogP contribution in [0.25, 0.3) is 11.3 Å². The summed E-state index contributed by atoms with van der Waals surface area (Å²) < 4.78 is 5.13. The zero-order valence-electron chi connectivity index (χ0n) is 8.72. The Balaban J connectivity index is 2.65. The molecule has 2 rings (SSSR count). The van der Waals surface area contributed by atoms with Crippen molar-refractivity contribution in [3.05, 3.63) is 50.2 Å². The molecular formula is C11H5Cl2NO4. The Hall–Kier alpha value is -1.85. The smallest absolute Gasteiger partial charge is 0.281 e.